The van der Waals surface area contributed by atoms with Gasteiger partial charge in [-0.3, -0.25) is 14.9 Å². The largest absolute Gasteiger partial charge is 0.464 e. The quantitative estimate of drug-likeness (QED) is 0.333. The summed E-state index contributed by atoms with van der Waals surface area (Å²) in [7, 11) is 2.96. The third-order valence-electron chi connectivity index (χ3n) is 7.17. The van der Waals surface area contributed by atoms with E-state index in [1.165, 1.54) is 13.2 Å². The van der Waals surface area contributed by atoms with Crippen molar-refractivity contribution < 1.29 is 28.7 Å². The molecular weight excluding hydrogens is 574 g/mol. The van der Waals surface area contributed by atoms with E-state index in [-0.39, 0.29) is 29.1 Å². The normalized spacial score (nSPS) is 17.3. The summed E-state index contributed by atoms with van der Waals surface area (Å²) < 4.78 is 11.6. The Morgan fingerprint density at radius 2 is 1.71 bits per heavy atom. The number of carbonyl (C=O) groups is 4. The molecule has 0 spiro atoms. The van der Waals surface area contributed by atoms with Crippen LogP contribution in [0, 0.1) is 5.92 Å². The number of carbonyl (C=O) groups excluding carboxylic acids is 4. The number of anilines is 2. The number of amides is 3. The highest BCUT2D eigenvalue weighted by Crippen LogP contribution is 2.30. The predicted molar refractivity (Wildman–Crippen MR) is 174 cm³/mol. The number of allylic oxidation sites excluding steroid dienone is 5. The van der Waals surface area contributed by atoms with Crippen molar-refractivity contribution >= 4 is 46.5 Å². The van der Waals surface area contributed by atoms with Crippen LogP contribution in [0.1, 0.15) is 63.5 Å². The molecular formula is C34H39N5O6. The molecule has 1 atom stereocenters. The number of nitrogens with zero attached hydrogens (tertiary/aromatic N) is 2. The van der Waals surface area contributed by atoms with Gasteiger partial charge < -0.3 is 24.7 Å². The number of esters is 1. The molecule has 0 radical (unpaired) electrons. The highest BCUT2D eigenvalue weighted by Gasteiger charge is 2.25. The number of aryl methyl sites for hydroxylation is 1. The first-order valence-electron chi connectivity index (χ1n) is 14.6. The van der Waals surface area contributed by atoms with Gasteiger partial charge in [-0.25, -0.2) is 14.6 Å². The molecule has 3 N–H and O–H groups in total. The number of nitrogens with one attached hydrogen (secondary N) is 3. The molecule has 0 saturated heterocycles. The molecule has 11 heteroatoms. The zero-order valence-electron chi connectivity index (χ0n) is 26.6. The van der Waals surface area contributed by atoms with Crippen molar-refractivity contribution in [2.24, 2.45) is 18.0 Å². The molecule has 0 bridgehead atoms. The molecule has 2 heterocycles. The number of ether oxygens (including phenoxy) is 2. The van der Waals surface area contributed by atoms with Gasteiger partial charge in [-0.1, -0.05) is 31.2 Å². The average molecular weight is 614 g/mol. The zero-order chi connectivity index (χ0) is 32.9. The maximum absolute atomic E-state index is 13.5. The number of rotatable bonds is 7. The smallest absolute Gasteiger partial charge is 0.412 e. The summed E-state index contributed by atoms with van der Waals surface area (Å²) in [6.07, 6.45) is 9.64. The van der Waals surface area contributed by atoms with Gasteiger partial charge in [-0.05, 0) is 93.5 Å². The van der Waals surface area contributed by atoms with E-state index in [1.54, 1.807) is 62.9 Å². The Morgan fingerprint density at radius 3 is 2.36 bits per heavy atom. The van der Waals surface area contributed by atoms with Crippen molar-refractivity contribution in [3.05, 3.63) is 89.1 Å². The van der Waals surface area contributed by atoms with Crippen LogP contribution in [-0.2, 0) is 26.1 Å². The second-order valence-electron chi connectivity index (χ2n) is 11.8. The topological polar surface area (TPSA) is 140 Å². The van der Waals surface area contributed by atoms with Crippen LogP contribution in [0.15, 0.2) is 82.8 Å². The van der Waals surface area contributed by atoms with Crippen molar-refractivity contribution in [2.75, 3.05) is 17.7 Å². The standard InChI is InChI=1S/C34H39N5O6/c1-8-21-13-16-28(37-29(21)31(41)35-25-18-27(32(42)44-7)39(6)19-25)38-30(40)26-17-23(10-9-20(26)2)22-11-14-24(15-12-22)36-33(43)45-34(3,4)5/h8,10-12,14-20H,9,13H2,1-7H3,(H,35,41)(H,36,43)(H,38,40)/b21-8-. The average Bonchev–Trinajstić information content (AvgIpc) is 3.35. The fourth-order valence-electron chi connectivity index (χ4n) is 4.85. The molecule has 236 valence electrons. The molecule has 0 saturated carbocycles. The first kappa shape index (κ1) is 32.7. The fourth-order valence-corrected chi connectivity index (χ4v) is 4.85. The van der Waals surface area contributed by atoms with E-state index >= 15 is 0 Å². The van der Waals surface area contributed by atoms with E-state index in [9.17, 15) is 19.2 Å². The summed E-state index contributed by atoms with van der Waals surface area (Å²) in [6.45, 7) is 9.19. The molecule has 1 unspecified atom stereocenters. The second-order valence-corrected chi connectivity index (χ2v) is 11.8. The Hall–Kier alpha value is -5.19. The van der Waals surface area contributed by atoms with Gasteiger partial charge in [0.2, 0.25) is 0 Å². The third kappa shape index (κ3) is 8.26. The lowest BCUT2D eigenvalue weighted by atomic mass is 9.87. The zero-order valence-corrected chi connectivity index (χ0v) is 26.6. The van der Waals surface area contributed by atoms with Crippen molar-refractivity contribution in [2.45, 2.75) is 53.1 Å². The molecule has 11 nitrogen and oxygen atoms in total. The Bertz CT molecular complexity index is 1660. The number of hydrogen-bond donors (Lipinski definition) is 3. The molecule has 1 aliphatic carbocycles. The highest BCUT2D eigenvalue weighted by molar-refractivity contribution is 6.49. The van der Waals surface area contributed by atoms with Crippen LogP contribution in [0.5, 0.6) is 0 Å². The number of aliphatic imine (C=N–C) groups is 1. The Labute approximate surface area is 262 Å². The summed E-state index contributed by atoms with van der Waals surface area (Å²) >= 11 is 0. The molecule has 3 amide bonds. The van der Waals surface area contributed by atoms with Crippen LogP contribution in [0.2, 0.25) is 0 Å². The van der Waals surface area contributed by atoms with Gasteiger partial charge in [0.1, 0.15) is 22.8 Å². The van der Waals surface area contributed by atoms with Crippen LogP contribution in [0.3, 0.4) is 0 Å². The summed E-state index contributed by atoms with van der Waals surface area (Å²) in [5, 5.41) is 8.37. The van der Waals surface area contributed by atoms with Gasteiger partial charge in [0, 0.05) is 24.5 Å². The van der Waals surface area contributed by atoms with E-state index in [1.807, 2.05) is 32.1 Å². The third-order valence-corrected chi connectivity index (χ3v) is 7.17. The maximum atomic E-state index is 13.5. The summed E-state index contributed by atoms with van der Waals surface area (Å²) in [5.74, 6) is -1.05. The summed E-state index contributed by atoms with van der Waals surface area (Å²) in [5.41, 5.74) is 3.93. The number of aromatic nitrogens is 1. The monoisotopic (exact) mass is 613 g/mol. The fraction of sp³-hybridized carbons (Fsp3) is 0.324. The van der Waals surface area contributed by atoms with Crippen molar-refractivity contribution in [3.8, 4) is 0 Å². The first-order valence-corrected chi connectivity index (χ1v) is 14.6. The van der Waals surface area contributed by atoms with Crippen molar-refractivity contribution in [3.63, 3.8) is 0 Å². The number of benzene rings is 1. The van der Waals surface area contributed by atoms with Crippen LogP contribution in [-0.4, -0.2) is 46.9 Å². The molecule has 1 aliphatic heterocycles. The van der Waals surface area contributed by atoms with Gasteiger partial charge in [-0.2, -0.15) is 0 Å². The molecule has 0 fully saturated rings. The first-order chi connectivity index (χ1) is 21.3. The molecule has 1 aromatic carbocycles. The molecule has 2 aromatic rings. The maximum Gasteiger partial charge on any atom is 0.412 e. The number of methoxy groups -OCH3 is 1. The molecule has 2 aliphatic rings. The van der Waals surface area contributed by atoms with E-state index in [0.717, 1.165) is 11.1 Å². The van der Waals surface area contributed by atoms with Gasteiger partial charge in [0.05, 0.1) is 12.8 Å². The predicted octanol–water partition coefficient (Wildman–Crippen LogP) is 5.90. The van der Waals surface area contributed by atoms with Gasteiger partial charge in [-0.15, -0.1) is 0 Å². The number of hydrogen-bond acceptors (Lipinski definition) is 7. The Kier molecular flexibility index (Phi) is 9.91. The molecule has 1 aromatic heterocycles. The van der Waals surface area contributed by atoms with Crippen LogP contribution in [0.25, 0.3) is 5.57 Å². The molecule has 4 rings (SSSR count). The van der Waals surface area contributed by atoms with Crippen LogP contribution < -0.4 is 16.0 Å². The van der Waals surface area contributed by atoms with Crippen LogP contribution in [0.4, 0.5) is 16.2 Å². The second kappa shape index (κ2) is 13.6. The summed E-state index contributed by atoms with van der Waals surface area (Å²) in [6, 6.07) is 8.83. The minimum absolute atomic E-state index is 0.0361. The van der Waals surface area contributed by atoms with Crippen LogP contribution >= 0.6 is 0 Å². The van der Waals surface area contributed by atoms with Gasteiger partial charge in [0.25, 0.3) is 11.8 Å². The minimum atomic E-state index is -0.600. The Morgan fingerprint density at radius 1 is 1.00 bits per heavy atom. The molecule has 45 heavy (non-hydrogen) atoms. The lowest BCUT2D eigenvalue weighted by molar-refractivity contribution is -0.117. The minimum Gasteiger partial charge on any atom is -0.464 e. The van der Waals surface area contributed by atoms with E-state index < -0.39 is 23.6 Å². The van der Waals surface area contributed by atoms with Crippen molar-refractivity contribution in [1.29, 1.82) is 0 Å². The van der Waals surface area contributed by atoms with Gasteiger partial charge in [0.15, 0.2) is 0 Å². The SMILES string of the molecule is C/C=C1/CC=C(NC(=O)C2=CC(c3ccc(NC(=O)OC(C)(C)C)cc3)=CCC2C)N=C1C(=O)Nc1cc(C(=O)OC)n(C)c1. The summed E-state index contributed by atoms with van der Waals surface area (Å²) in [4.78, 5) is 55.2. The Balaban J connectivity index is 1.46. The lowest BCUT2D eigenvalue weighted by Crippen LogP contribution is -2.31. The van der Waals surface area contributed by atoms with E-state index in [2.05, 4.69) is 27.0 Å². The lowest BCUT2D eigenvalue weighted by Gasteiger charge is -2.22. The van der Waals surface area contributed by atoms with Crippen molar-refractivity contribution in [1.82, 2.24) is 9.88 Å². The highest BCUT2D eigenvalue weighted by atomic mass is 16.6. The van der Waals surface area contributed by atoms with E-state index in [0.29, 0.717) is 35.4 Å². The van der Waals surface area contributed by atoms with E-state index in [4.69, 9.17) is 9.47 Å². The van der Waals surface area contributed by atoms with Gasteiger partial charge >= 0.3 is 12.1 Å².